The molecule has 1 aliphatic rings. The molecule has 1 aliphatic heterocycles. The highest BCUT2D eigenvalue weighted by Crippen LogP contribution is 2.30. The molecular weight excluding hydrogens is 378 g/mol. The number of nitrogens with zero attached hydrogens (tertiary/aromatic N) is 1. The number of carbonyl (C=O) groups is 1. The fraction of sp³-hybridized carbons (Fsp3) is 0.381. The topological polar surface area (TPSA) is 62.8 Å². The van der Waals surface area contributed by atoms with E-state index in [0.717, 1.165) is 36.3 Å². The summed E-state index contributed by atoms with van der Waals surface area (Å²) >= 11 is 6.15. The number of piperidine rings is 1. The fourth-order valence-electron chi connectivity index (χ4n) is 3.38. The van der Waals surface area contributed by atoms with Crippen molar-refractivity contribution in [3.05, 3.63) is 47.0 Å². The molecule has 1 unspecified atom stereocenters. The van der Waals surface area contributed by atoms with Gasteiger partial charge in [0.25, 0.3) is 0 Å². The lowest BCUT2D eigenvalue weighted by Gasteiger charge is -2.34. The first kappa shape index (κ1) is 20.1. The van der Waals surface area contributed by atoms with E-state index >= 15 is 0 Å². The van der Waals surface area contributed by atoms with Gasteiger partial charge in [0, 0.05) is 41.6 Å². The molecule has 3 rings (SSSR count). The smallest absolute Gasteiger partial charge is 0.321 e. The Bertz CT molecular complexity index is 844. The molecule has 0 aromatic heterocycles. The lowest BCUT2D eigenvalue weighted by molar-refractivity contribution is 0.196. The third kappa shape index (κ3) is 4.62. The van der Waals surface area contributed by atoms with Gasteiger partial charge in [0.1, 0.15) is 0 Å². The summed E-state index contributed by atoms with van der Waals surface area (Å²) in [5.74, 6) is 1.36. The number of hydrogen-bond acceptors (Lipinski definition) is 4. The van der Waals surface area contributed by atoms with Crippen LogP contribution in [-0.2, 0) is 0 Å². The van der Waals surface area contributed by atoms with Gasteiger partial charge in [0.15, 0.2) is 11.5 Å². The van der Waals surface area contributed by atoms with Crippen LogP contribution >= 0.6 is 11.6 Å². The summed E-state index contributed by atoms with van der Waals surface area (Å²) in [7, 11) is 3.23. The van der Waals surface area contributed by atoms with E-state index < -0.39 is 0 Å². The molecule has 2 aromatic carbocycles. The van der Waals surface area contributed by atoms with E-state index in [4.69, 9.17) is 21.1 Å². The Morgan fingerprint density at radius 2 is 1.96 bits per heavy atom. The molecule has 2 amide bonds. The summed E-state index contributed by atoms with van der Waals surface area (Å²) in [6, 6.07) is 11.3. The van der Waals surface area contributed by atoms with Gasteiger partial charge in [-0.3, -0.25) is 0 Å². The maximum absolute atomic E-state index is 12.7. The minimum Gasteiger partial charge on any atom is -0.493 e. The fourth-order valence-corrected chi connectivity index (χ4v) is 3.55. The number of methoxy groups -OCH3 is 2. The molecule has 1 atom stereocenters. The van der Waals surface area contributed by atoms with E-state index in [9.17, 15) is 4.79 Å². The number of urea groups is 1. The number of likely N-dealkylation sites (tertiary alicyclic amines) is 1. The van der Waals surface area contributed by atoms with Crippen molar-refractivity contribution in [2.24, 2.45) is 0 Å². The van der Waals surface area contributed by atoms with Crippen LogP contribution in [0.25, 0.3) is 0 Å². The molecule has 0 aliphatic carbocycles. The molecule has 7 heteroatoms. The van der Waals surface area contributed by atoms with Gasteiger partial charge in [-0.05, 0) is 49.6 Å². The van der Waals surface area contributed by atoms with Crippen LogP contribution in [0.4, 0.5) is 16.2 Å². The number of anilines is 2. The first-order valence-electron chi connectivity index (χ1n) is 9.31. The number of halogens is 1. The van der Waals surface area contributed by atoms with Gasteiger partial charge in [-0.15, -0.1) is 0 Å². The van der Waals surface area contributed by atoms with Crippen molar-refractivity contribution >= 4 is 29.0 Å². The summed E-state index contributed by atoms with van der Waals surface area (Å²) < 4.78 is 10.6. The second-order valence-corrected chi connectivity index (χ2v) is 7.25. The highest BCUT2D eigenvalue weighted by molar-refractivity contribution is 6.31. The van der Waals surface area contributed by atoms with Crippen molar-refractivity contribution in [2.75, 3.05) is 37.9 Å². The Morgan fingerprint density at radius 3 is 2.71 bits per heavy atom. The van der Waals surface area contributed by atoms with Crippen LogP contribution in [0.2, 0.25) is 5.02 Å². The average molecular weight is 404 g/mol. The number of hydrogen-bond donors (Lipinski definition) is 2. The first-order valence-corrected chi connectivity index (χ1v) is 9.69. The maximum Gasteiger partial charge on any atom is 0.321 e. The Morgan fingerprint density at radius 1 is 1.18 bits per heavy atom. The third-order valence-corrected chi connectivity index (χ3v) is 5.38. The average Bonchev–Trinajstić information content (AvgIpc) is 2.71. The molecule has 2 aromatic rings. The third-order valence-electron chi connectivity index (χ3n) is 4.97. The van der Waals surface area contributed by atoms with E-state index in [0.29, 0.717) is 23.1 Å². The van der Waals surface area contributed by atoms with Crippen molar-refractivity contribution < 1.29 is 14.3 Å². The van der Waals surface area contributed by atoms with Gasteiger partial charge in [-0.2, -0.15) is 0 Å². The molecule has 0 bridgehead atoms. The van der Waals surface area contributed by atoms with E-state index in [-0.39, 0.29) is 12.1 Å². The van der Waals surface area contributed by atoms with Crippen LogP contribution in [0.5, 0.6) is 11.5 Å². The molecule has 2 N–H and O–H groups in total. The van der Waals surface area contributed by atoms with E-state index in [2.05, 4.69) is 10.6 Å². The van der Waals surface area contributed by atoms with E-state index in [1.807, 2.05) is 48.2 Å². The van der Waals surface area contributed by atoms with Crippen molar-refractivity contribution in [3.63, 3.8) is 0 Å². The summed E-state index contributed by atoms with van der Waals surface area (Å²) in [6.45, 7) is 3.25. The molecular formula is C21H26ClN3O3. The van der Waals surface area contributed by atoms with Gasteiger partial charge >= 0.3 is 6.03 Å². The number of rotatable bonds is 5. The summed E-state index contributed by atoms with van der Waals surface area (Å²) in [5.41, 5.74) is 2.55. The number of carbonyl (C=O) groups excluding carboxylic acids is 1. The Kier molecular flexibility index (Phi) is 6.52. The number of amides is 2. The quantitative estimate of drug-likeness (QED) is 0.754. The molecule has 1 fully saturated rings. The number of benzene rings is 2. The van der Waals surface area contributed by atoms with Crippen LogP contribution in [-0.4, -0.2) is 44.3 Å². The molecule has 28 heavy (non-hydrogen) atoms. The monoisotopic (exact) mass is 403 g/mol. The first-order chi connectivity index (χ1) is 13.5. The van der Waals surface area contributed by atoms with Crippen LogP contribution in [0.15, 0.2) is 36.4 Å². The zero-order valence-electron chi connectivity index (χ0n) is 16.4. The Balaban J connectivity index is 1.63. The largest absolute Gasteiger partial charge is 0.493 e. The predicted molar refractivity (Wildman–Crippen MR) is 113 cm³/mol. The number of ether oxygens (including phenoxy) is 2. The van der Waals surface area contributed by atoms with Crippen molar-refractivity contribution in [3.8, 4) is 11.5 Å². The lowest BCUT2D eigenvalue weighted by atomic mass is 10.1. The van der Waals surface area contributed by atoms with Crippen molar-refractivity contribution in [1.29, 1.82) is 0 Å². The maximum atomic E-state index is 12.7. The highest BCUT2D eigenvalue weighted by Gasteiger charge is 2.24. The molecule has 150 valence electrons. The number of nitrogens with one attached hydrogen (secondary N) is 2. The van der Waals surface area contributed by atoms with Gasteiger partial charge in [0.2, 0.25) is 0 Å². The SMILES string of the molecule is COc1ccc(NC2CCCN(C(=O)Nc3cccc(Cl)c3C)C2)cc1OC. The standard InChI is InChI=1S/C21H26ClN3O3/c1-14-17(22)7-4-8-18(14)24-21(26)25-11-5-6-16(13-25)23-15-9-10-19(27-2)20(12-15)28-3/h4,7-10,12,16,23H,5-6,11,13H2,1-3H3,(H,24,26). The summed E-state index contributed by atoms with van der Waals surface area (Å²) in [6.07, 6.45) is 1.93. The summed E-state index contributed by atoms with van der Waals surface area (Å²) in [5, 5.41) is 7.12. The lowest BCUT2D eigenvalue weighted by Crippen LogP contribution is -2.46. The summed E-state index contributed by atoms with van der Waals surface area (Å²) in [4.78, 5) is 14.6. The zero-order valence-corrected chi connectivity index (χ0v) is 17.2. The van der Waals surface area contributed by atoms with Gasteiger partial charge in [0.05, 0.1) is 14.2 Å². The van der Waals surface area contributed by atoms with Crippen LogP contribution in [0.3, 0.4) is 0 Å². The van der Waals surface area contributed by atoms with E-state index in [1.165, 1.54) is 0 Å². The van der Waals surface area contributed by atoms with Gasteiger partial charge < -0.3 is 25.0 Å². The Hall–Kier alpha value is -2.60. The zero-order chi connectivity index (χ0) is 20.1. The van der Waals surface area contributed by atoms with Crippen LogP contribution in [0, 0.1) is 6.92 Å². The molecule has 0 saturated carbocycles. The molecule has 1 heterocycles. The van der Waals surface area contributed by atoms with E-state index in [1.54, 1.807) is 14.2 Å². The normalized spacial score (nSPS) is 16.4. The second kappa shape index (κ2) is 9.06. The van der Waals surface area contributed by atoms with Crippen LogP contribution in [0.1, 0.15) is 18.4 Å². The van der Waals surface area contributed by atoms with Crippen molar-refractivity contribution in [2.45, 2.75) is 25.8 Å². The second-order valence-electron chi connectivity index (χ2n) is 6.84. The molecule has 0 radical (unpaired) electrons. The van der Waals surface area contributed by atoms with Gasteiger partial charge in [-0.1, -0.05) is 17.7 Å². The minimum atomic E-state index is -0.107. The van der Waals surface area contributed by atoms with Gasteiger partial charge in [-0.25, -0.2) is 4.79 Å². The predicted octanol–water partition coefficient (Wildman–Crippen LogP) is 4.77. The minimum absolute atomic E-state index is 0.107. The molecule has 1 saturated heterocycles. The van der Waals surface area contributed by atoms with Crippen molar-refractivity contribution in [1.82, 2.24) is 4.90 Å². The Labute approximate surface area is 170 Å². The molecule has 6 nitrogen and oxygen atoms in total. The molecule has 0 spiro atoms. The van der Waals surface area contributed by atoms with Crippen LogP contribution < -0.4 is 20.1 Å². The highest BCUT2D eigenvalue weighted by atomic mass is 35.5.